The lowest BCUT2D eigenvalue weighted by Gasteiger charge is -2.58. The average Bonchev–Trinajstić information content (AvgIpc) is 3.44. The third kappa shape index (κ3) is 7.75. The van der Waals surface area contributed by atoms with Gasteiger partial charge in [0.15, 0.2) is 0 Å². The first-order chi connectivity index (χ1) is 26.1. The van der Waals surface area contributed by atoms with Gasteiger partial charge in [0, 0.05) is 19.3 Å². The van der Waals surface area contributed by atoms with Crippen LogP contribution in [0.15, 0.2) is 11.6 Å². The van der Waals surface area contributed by atoms with Gasteiger partial charge in [-0.15, -0.1) is 0 Å². The monoisotopic (exact) mass is 874 g/mol. The number of rotatable bonds is 16. The zero-order valence-electron chi connectivity index (χ0n) is 32.8. The maximum Gasteiger partial charge on any atom is 0.460 e. The van der Waals surface area contributed by atoms with Crippen LogP contribution < -0.4 is 0 Å². The Balaban J connectivity index is 1.36. The summed E-state index contributed by atoms with van der Waals surface area (Å²) in [5.41, 5.74) is 1.03. The fourth-order valence-corrected chi connectivity index (χ4v) is 10.8. The Morgan fingerprint density at radius 1 is 0.690 bits per heavy atom. The smallest absolute Gasteiger partial charge is 0.460 e. The minimum Gasteiger partial charge on any atom is -0.462 e. The minimum absolute atomic E-state index is 0.221. The molecule has 0 bridgehead atoms. The molecule has 0 aliphatic heterocycles. The second-order valence-corrected chi connectivity index (χ2v) is 18.1. The molecule has 2 nitrogen and oxygen atoms in total. The van der Waals surface area contributed by atoms with Gasteiger partial charge in [-0.3, -0.25) is 4.79 Å². The molecule has 3 saturated carbocycles. The highest BCUT2D eigenvalue weighted by Gasteiger charge is 2.95. The molecular formula is C39H51F17O2. The summed E-state index contributed by atoms with van der Waals surface area (Å²) >= 11 is 0. The maximum absolute atomic E-state index is 14.4. The van der Waals surface area contributed by atoms with E-state index >= 15 is 0 Å². The van der Waals surface area contributed by atoms with Gasteiger partial charge in [-0.1, -0.05) is 65.5 Å². The molecule has 0 aromatic heterocycles. The predicted octanol–water partition coefficient (Wildman–Crippen LogP) is 14.1. The fraction of sp³-hybridized carbons (Fsp3) is 0.923. The first kappa shape index (κ1) is 48.7. The van der Waals surface area contributed by atoms with Crippen LogP contribution in [0.4, 0.5) is 74.6 Å². The van der Waals surface area contributed by atoms with Crippen LogP contribution in [0.25, 0.3) is 0 Å². The van der Waals surface area contributed by atoms with Crippen LogP contribution in [0, 0.1) is 46.3 Å². The number of halogens is 17. The van der Waals surface area contributed by atoms with Gasteiger partial charge in [0.05, 0.1) is 0 Å². The topological polar surface area (TPSA) is 26.3 Å². The number of carbonyl (C=O) groups is 1. The van der Waals surface area contributed by atoms with E-state index in [1.165, 1.54) is 25.7 Å². The van der Waals surface area contributed by atoms with Crippen LogP contribution >= 0.6 is 0 Å². The number of alkyl halides is 17. The minimum atomic E-state index is -8.67. The van der Waals surface area contributed by atoms with Crippen molar-refractivity contribution in [1.29, 1.82) is 0 Å². The van der Waals surface area contributed by atoms with E-state index in [4.69, 9.17) is 4.74 Å². The standard InChI is InChI=1S/C39H51F17O2/c1-21(2)8-6-9-22(3)26-13-14-27-25-12-11-23-20-24(15-18-30(23,4)28(25)16-19-31(26,27)5)58-29(57)10-7-17-32(40,41)33(42,43)34(44,45)35(46,47)36(48,49)37(50,51)38(52,53)39(54,55)56/h11,21-22,24-28H,6-10,12-20H2,1-5H3. The summed E-state index contributed by atoms with van der Waals surface area (Å²) in [7, 11) is 0. The molecule has 4 aliphatic carbocycles. The summed E-state index contributed by atoms with van der Waals surface area (Å²) in [4.78, 5) is 12.5. The molecule has 0 aromatic rings. The Hall–Kier alpha value is -1.98. The molecule has 0 spiro atoms. The Bertz CT molecular complexity index is 1500. The zero-order valence-corrected chi connectivity index (χ0v) is 32.8. The quantitative estimate of drug-likeness (QED) is 0.0877. The zero-order chi connectivity index (χ0) is 44.5. The summed E-state index contributed by atoms with van der Waals surface area (Å²) in [5.74, 6) is -54.7. The Morgan fingerprint density at radius 3 is 1.79 bits per heavy atom. The predicted molar refractivity (Wildman–Crippen MR) is 177 cm³/mol. The lowest BCUT2D eigenvalue weighted by molar-refractivity contribution is -0.461. The van der Waals surface area contributed by atoms with Gasteiger partial charge in [-0.05, 0) is 97.7 Å². The van der Waals surface area contributed by atoms with Crippen molar-refractivity contribution in [2.24, 2.45) is 46.3 Å². The second kappa shape index (κ2) is 15.7. The molecule has 58 heavy (non-hydrogen) atoms. The first-order valence-electron chi connectivity index (χ1n) is 19.7. The number of hydrogen-bond acceptors (Lipinski definition) is 2. The van der Waals surface area contributed by atoms with Gasteiger partial charge in [0.1, 0.15) is 6.10 Å². The van der Waals surface area contributed by atoms with Crippen LogP contribution in [0.1, 0.15) is 125 Å². The van der Waals surface area contributed by atoms with Crippen LogP contribution in [0.3, 0.4) is 0 Å². The number of carbonyl (C=O) groups excluding carboxylic acids is 1. The molecule has 0 aromatic carbocycles. The fourth-order valence-electron chi connectivity index (χ4n) is 10.8. The highest BCUT2D eigenvalue weighted by molar-refractivity contribution is 5.69. The summed E-state index contributed by atoms with van der Waals surface area (Å²) in [6.45, 7) is 11.4. The summed E-state index contributed by atoms with van der Waals surface area (Å²) in [6.07, 6.45) is -1.88. The lowest BCUT2D eigenvalue weighted by Crippen LogP contribution is -2.74. The van der Waals surface area contributed by atoms with Gasteiger partial charge >= 0.3 is 53.6 Å². The number of allylic oxidation sites excluding steroid dienone is 1. The normalized spacial score (nSPS) is 31.0. The van der Waals surface area contributed by atoms with Crippen LogP contribution in [-0.2, 0) is 9.53 Å². The van der Waals surface area contributed by atoms with E-state index in [-0.39, 0.29) is 17.3 Å². The molecule has 8 atom stereocenters. The average molecular weight is 875 g/mol. The Labute approximate surface area is 326 Å². The summed E-state index contributed by atoms with van der Waals surface area (Å²) in [5, 5.41) is 0. The SMILES string of the molecule is CC(C)CCCC(C)C1CCC2C3CC=C4CC(OC(=O)CCCC(F)(F)C(F)(F)C(F)(F)C(F)(F)C(F)(F)C(F)(F)C(F)(F)C(F)(F)F)CCC4(C)C3CCC12C. The Morgan fingerprint density at radius 2 is 1.24 bits per heavy atom. The van der Waals surface area contributed by atoms with Crippen LogP contribution in [0.5, 0.6) is 0 Å². The lowest BCUT2D eigenvalue weighted by atomic mass is 9.47. The first-order valence-corrected chi connectivity index (χ1v) is 19.7. The van der Waals surface area contributed by atoms with Gasteiger partial charge < -0.3 is 4.74 Å². The molecule has 0 radical (unpaired) electrons. The highest BCUT2D eigenvalue weighted by Crippen LogP contribution is 2.68. The molecule has 8 unspecified atom stereocenters. The molecule has 4 rings (SSSR count). The van der Waals surface area contributed by atoms with E-state index in [0.717, 1.165) is 31.3 Å². The number of fused-ring (bicyclic) bond motifs is 5. The molecule has 0 heterocycles. The van der Waals surface area contributed by atoms with Gasteiger partial charge in [0.25, 0.3) is 0 Å². The third-order valence-electron chi connectivity index (χ3n) is 14.2. The van der Waals surface area contributed by atoms with Crippen molar-refractivity contribution < 1.29 is 84.2 Å². The van der Waals surface area contributed by atoms with E-state index in [2.05, 4.69) is 40.7 Å². The summed E-state index contributed by atoms with van der Waals surface area (Å²) < 4.78 is 236. The second-order valence-electron chi connectivity index (χ2n) is 18.1. The van der Waals surface area contributed by atoms with Crippen LogP contribution in [0.2, 0.25) is 0 Å². The van der Waals surface area contributed by atoms with E-state index < -0.39 is 79.0 Å². The third-order valence-corrected chi connectivity index (χ3v) is 14.2. The van der Waals surface area contributed by atoms with Gasteiger partial charge in [0.2, 0.25) is 0 Å². The molecule has 0 amide bonds. The molecule has 0 saturated heterocycles. The highest BCUT2D eigenvalue weighted by atomic mass is 19.4. The van der Waals surface area contributed by atoms with Crippen molar-refractivity contribution in [2.45, 2.75) is 178 Å². The van der Waals surface area contributed by atoms with Gasteiger partial charge in [-0.25, -0.2) is 0 Å². The maximum atomic E-state index is 14.4. The van der Waals surface area contributed by atoms with Gasteiger partial charge in [-0.2, -0.15) is 74.6 Å². The van der Waals surface area contributed by atoms with Crippen LogP contribution in [-0.4, -0.2) is 59.7 Å². The van der Waals surface area contributed by atoms with E-state index in [1.54, 1.807) is 0 Å². The number of ether oxygens (including phenoxy) is 1. The van der Waals surface area contributed by atoms with Crippen molar-refractivity contribution >= 4 is 5.97 Å². The molecule has 4 aliphatic rings. The molecular weight excluding hydrogens is 823 g/mol. The van der Waals surface area contributed by atoms with Crippen molar-refractivity contribution in [1.82, 2.24) is 0 Å². The van der Waals surface area contributed by atoms with E-state index in [9.17, 15) is 79.4 Å². The largest absolute Gasteiger partial charge is 0.462 e. The molecule has 0 N–H and O–H groups in total. The van der Waals surface area contributed by atoms with E-state index in [1.807, 2.05) is 0 Å². The number of esters is 1. The van der Waals surface area contributed by atoms with E-state index in [0.29, 0.717) is 48.3 Å². The molecule has 3 fully saturated rings. The van der Waals surface area contributed by atoms with Crippen molar-refractivity contribution in [3.8, 4) is 0 Å². The molecule has 338 valence electrons. The van der Waals surface area contributed by atoms with Crippen molar-refractivity contribution in [2.75, 3.05) is 0 Å². The molecule has 19 heteroatoms. The number of hydrogen-bond donors (Lipinski definition) is 0. The Kier molecular flexibility index (Phi) is 13.2. The summed E-state index contributed by atoms with van der Waals surface area (Å²) in [6, 6.07) is 0. The van der Waals surface area contributed by atoms with Crippen molar-refractivity contribution in [3.05, 3.63) is 11.6 Å². The van der Waals surface area contributed by atoms with Crippen molar-refractivity contribution in [3.63, 3.8) is 0 Å².